The summed E-state index contributed by atoms with van der Waals surface area (Å²) < 4.78 is 18.0. The highest BCUT2D eigenvalue weighted by Gasteiger charge is 2.14. The number of furan rings is 1. The standard InChI is InChI=1S/C16H16N4O3S/c1-10-4-5-12(23-10)9-17-20-15(18-19-16(20)24)13-7-6-11(21-2)8-14(13)22-3/h4-9H,1-3H3,(H,19,24)/b17-9-. The topological polar surface area (TPSA) is 77.6 Å². The molecule has 0 aliphatic carbocycles. The number of nitrogens with zero attached hydrogens (tertiary/aromatic N) is 3. The molecule has 0 saturated heterocycles. The smallest absolute Gasteiger partial charge is 0.216 e. The third-order valence-electron chi connectivity index (χ3n) is 3.36. The summed E-state index contributed by atoms with van der Waals surface area (Å²) in [5.41, 5.74) is 0.735. The number of nitrogens with one attached hydrogen (secondary N) is 1. The van der Waals surface area contributed by atoms with Crippen molar-refractivity contribution in [3.8, 4) is 22.9 Å². The number of methoxy groups -OCH3 is 2. The minimum Gasteiger partial charge on any atom is -0.497 e. The van der Waals surface area contributed by atoms with Gasteiger partial charge in [-0.2, -0.15) is 14.9 Å². The second-order valence-electron chi connectivity index (χ2n) is 4.92. The van der Waals surface area contributed by atoms with E-state index < -0.39 is 0 Å². The Kier molecular flexibility index (Phi) is 4.48. The van der Waals surface area contributed by atoms with Crippen LogP contribution in [0.2, 0.25) is 0 Å². The lowest BCUT2D eigenvalue weighted by atomic mass is 10.2. The molecule has 7 nitrogen and oxygen atoms in total. The zero-order valence-corrected chi connectivity index (χ0v) is 14.3. The minimum absolute atomic E-state index is 0.363. The van der Waals surface area contributed by atoms with Gasteiger partial charge in [0, 0.05) is 6.07 Å². The van der Waals surface area contributed by atoms with Crippen LogP contribution in [-0.2, 0) is 0 Å². The van der Waals surface area contributed by atoms with E-state index in [1.807, 2.05) is 31.2 Å². The highest BCUT2D eigenvalue weighted by Crippen LogP contribution is 2.32. The van der Waals surface area contributed by atoms with Gasteiger partial charge in [0.2, 0.25) is 4.77 Å². The molecule has 0 bridgehead atoms. The molecule has 0 atom stereocenters. The molecule has 0 saturated carbocycles. The number of aromatic nitrogens is 3. The fraction of sp³-hybridized carbons (Fsp3) is 0.188. The van der Waals surface area contributed by atoms with Gasteiger partial charge in [0.25, 0.3) is 0 Å². The summed E-state index contributed by atoms with van der Waals surface area (Å²) in [6.45, 7) is 1.87. The van der Waals surface area contributed by atoms with E-state index in [9.17, 15) is 0 Å². The van der Waals surface area contributed by atoms with E-state index in [4.69, 9.17) is 26.1 Å². The van der Waals surface area contributed by atoms with E-state index in [0.717, 1.165) is 11.3 Å². The highest BCUT2D eigenvalue weighted by atomic mass is 32.1. The summed E-state index contributed by atoms with van der Waals surface area (Å²) in [7, 11) is 3.18. The van der Waals surface area contributed by atoms with Gasteiger partial charge in [-0.05, 0) is 43.4 Å². The second-order valence-corrected chi connectivity index (χ2v) is 5.31. The quantitative estimate of drug-likeness (QED) is 0.567. The van der Waals surface area contributed by atoms with Gasteiger partial charge in [-0.3, -0.25) is 0 Å². The number of benzene rings is 1. The Labute approximate surface area is 143 Å². The third-order valence-corrected chi connectivity index (χ3v) is 3.63. The van der Waals surface area contributed by atoms with E-state index in [-0.39, 0.29) is 0 Å². The first-order valence-electron chi connectivity index (χ1n) is 7.13. The summed E-state index contributed by atoms with van der Waals surface area (Å²) in [6.07, 6.45) is 1.58. The molecule has 1 N–H and O–H groups in total. The molecule has 8 heteroatoms. The summed E-state index contributed by atoms with van der Waals surface area (Å²) in [6, 6.07) is 9.13. The van der Waals surface area contributed by atoms with E-state index in [1.54, 1.807) is 26.5 Å². The summed E-state index contributed by atoms with van der Waals surface area (Å²) >= 11 is 5.26. The molecule has 1 aromatic carbocycles. The zero-order chi connectivity index (χ0) is 17.1. The number of rotatable bonds is 5. The van der Waals surface area contributed by atoms with Gasteiger partial charge in [-0.25, -0.2) is 5.10 Å². The van der Waals surface area contributed by atoms with Gasteiger partial charge >= 0.3 is 0 Å². The van der Waals surface area contributed by atoms with Crippen molar-refractivity contribution in [2.75, 3.05) is 14.2 Å². The van der Waals surface area contributed by atoms with Gasteiger partial charge in [-0.15, -0.1) is 0 Å². The van der Waals surface area contributed by atoms with Crippen molar-refractivity contribution in [3.63, 3.8) is 0 Å². The van der Waals surface area contributed by atoms with E-state index in [2.05, 4.69) is 15.3 Å². The molecule has 3 rings (SSSR count). The molecule has 0 aliphatic heterocycles. The highest BCUT2D eigenvalue weighted by molar-refractivity contribution is 7.71. The van der Waals surface area contributed by atoms with E-state index in [1.165, 1.54) is 4.68 Å². The van der Waals surface area contributed by atoms with Crippen LogP contribution in [0, 0.1) is 11.7 Å². The van der Waals surface area contributed by atoms with Gasteiger partial charge in [0.1, 0.15) is 23.0 Å². The summed E-state index contributed by atoms with van der Waals surface area (Å²) in [4.78, 5) is 0. The Bertz CT molecular complexity index is 939. The Morgan fingerprint density at radius 3 is 2.75 bits per heavy atom. The van der Waals surface area contributed by atoms with Crippen LogP contribution in [0.3, 0.4) is 0 Å². The predicted molar refractivity (Wildman–Crippen MR) is 92.4 cm³/mol. The molecular weight excluding hydrogens is 328 g/mol. The molecule has 0 spiro atoms. The maximum Gasteiger partial charge on any atom is 0.216 e. The average Bonchev–Trinajstić information content (AvgIpc) is 3.18. The lowest BCUT2D eigenvalue weighted by Gasteiger charge is -2.09. The summed E-state index contributed by atoms with van der Waals surface area (Å²) in [5, 5.41) is 11.3. The monoisotopic (exact) mass is 344 g/mol. The first-order valence-corrected chi connectivity index (χ1v) is 7.54. The van der Waals surface area contributed by atoms with Crippen molar-refractivity contribution < 1.29 is 13.9 Å². The number of aromatic amines is 1. The molecule has 0 radical (unpaired) electrons. The molecule has 124 valence electrons. The van der Waals surface area contributed by atoms with Crippen LogP contribution in [0.25, 0.3) is 11.4 Å². The Morgan fingerprint density at radius 1 is 1.25 bits per heavy atom. The van der Waals surface area contributed by atoms with Crippen LogP contribution in [0.4, 0.5) is 0 Å². The fourth-order valence-corrected chi connectivity index (χ4v) is 2.37. The lowest BCUT2D eigenvalue weighted by molar-refractivity contribution is 0.395. The molecule has 0 aliphatic rings. The zero-order valence-electron chi connectivity index (χ0n) is 13.4. The van der Waals surface area contributed by atoms with Crippen molar-refractivity contribution in [2.45, 2.75) is 6.92 Å². The lowest BCUT2D eigenvalue weighted by Crippen LogP contribution is -1.97. The average molecular weight is 344 g/mol. The first kappa shape index (κ1) is 16.0. The SMILES string of the molecule is COc1ccc(-c2n[nH]c(=S)n2/N=C\c2ccc(C)o2)c(OC)c1. The number of ether oxygens (including phenoxy) is 2. The second kappa shape index (κ2) is 6.71. The molecule has 24 heavy (non-hydrogen) atoms. The first-order chi connectivity index (χ1) is 11.6. The van der Waals surface area contributed by atoms with Crippen LogP contribution in [0.5, 0.6) is 11.5 Å². The fourth-order valence-electron chi connectivity index (χ4n) is 2.19. The normalized spacial score (nSPS) is 11.1. The molecular formula is C16H16N4O3S. The molecule has 3 aromatic rings. The predicted octanol–water partition coefficient (Wildman–Crippen LogP) is 3.41. The molecule has 2 heterocycles. The number of hydrogen-bond acceptors (Lipinski definition) is 6. The Morgan fingerprint density at radius 2 is 2.08 bits per heavy atom. The number of aryl methyl sites for hydroxylation is 1. The number of hydrogen-bond donors (Lipinski definition) is 1. The van der Waals surface area contributed by atoms with Crippen LogP contribution in [0.15, 0.2) is 39.9 Å². The van der Waals surface area contributed by atoms with Gasteiger partial charge < -0.3 is 13.9 Å². The largest absolute Gasteiger partial charge is 0.497 e. The van der Waals surface area contributed by atoms with Gasteiger partial charge in [0.05, 0.1) is 26.0 Å². The van der Waals surface area contributed by atoms with Crippen molar-refractivity contribution >= 4 is 18.4 Å². The van der Waals surface area contributed by atoms with Crippen LogP contribution in [0.1, 0.15) is 11.5 Å². The molecule has 0 fully saturated rings. The molecule has 0 amide bonds. The van der Waals surface area contributed by atoms with Gasteiger partial charge in [0.15, 0.2) is 5.82 Å². The third kappa shape index (κ3) is 3.09. The maximum atomic E-state index is 5.47. The number of H-pyrrole nitrogens is 1. The molecule has 2 aromatic heterocycles. The molecule has 0 unspecified atom stereocenters. The van der Waals surface area contributed by atoms with Crippen LogP contribution < -0.4 is 9.47 Å². The van der Waals surface area contributed by atoms with E-state index in [0.29, 0.717) is 27.9 Å². The minimum atomic E-state index is 0.363. The van der Waals surface area contributed by atoms with Crippen molar-refractivity contribution in [1.82, 2.24) is 14.9 Å². The summed E-state index contributed by atoms with van der Waals surface area (Å²) in [5.74, 6) is 3.26. The Balaban J connectivity index is 2.04. The van der Waals surface area contributed by atoms with Crippen molar-refractivity contribution in [1.29, 1.82) is 0 Å². The van der Waals surface area contributed by atoms with Crippen LogP contribution >= 0.6 is 12.2 Å². The van der Waals surface area contributed by atoms with Crippen molar-refractivity contribution in [3.05, 3.63) is 46.6 Å². The Hall–Kier alpha value is -2.87. The van der Waals surface area contributed by atoms with Crippen LogP contribution in [-0.4, -0.2) is 35.3 Å². The maximum absolute atomic E-state index is 5.47. The van der Waals surface area contributed by atoms with E-state index >= 15 is 0 Å². The van der Waals surface area contributed by atoms with Gasteiger partial charge in [-0.1, -0.05) is 0 Å². The van der Waals surface area contributed by atoms with Crippen molar-refractivity contribution in [2.24, 2.45) is 5.10 Å².